The first-order chi connectivity index (χ1) is 23.7. The van der Waals surface area contributed by atoms with Crippen molar-refractivity contribution in [2.75, 3.05) is 5.75 Å². The minimum atomic E-state index is -3.64. The lowest BCUT2D eigenvalue weighted by atomic mass is 9.91. The summed E-state index contributed by atoms with van der Waals surface area (Å²) in [6.07, 6.45) is 0.263. The number of pyridine rings is 1. The topological polar surface area (TPSA) is 135 Å². The number of aromatic carboxylic acids is 1. The zero-order chi connectivity index (χ0) is 34.4. The molecule has 4 atom stereocenters. The number of ether oxygens (including phenoxy) is 2. The van der Waals surface area contributed by atoms with Crippen molar-refractivity contribution in [3.05, 3.63) is 149 Å². The molecule has 4 aromatic carbocycles. The number of carboxylic acids is 1. The molecular weight excluding hydrogens is 661 g/mol. The zero-order valence-electron chi connectivity index (χ0n) is 26.7. The van der Waals surface area contributed by atoms with Crippen LogP contribution in [0, 0.1) is 5.92 Å². The van der Waals surface area contributed by atoms with Gasteiger partial charge in [0, 0.05) is 30.0 Å². The molecule has 252 valence electrons. The van der Waals surface area contributed by atoms with Crippen LogP contribution in [-0.4, -0.2) is 41.4 Å². The second kappa shape index (κ2) is 15.5. The number of rotatable bonds is 12. The highest BCUT2D eigenvalue weighted by molar-refractivity contribution is 7.99. The molecule has 0 saturated carbocycles. The summed E-state index contributed by atoms with van der Waals surface area (Å²) in [4.78, 5) is 16.3. The molecule has 0 amide bonds. The van der Waals surface area contributed by atoms with Crippen molar-refractivity contribution in [3.8, 4) is 11.1 Å². The summed E-state index contributed by atoms with van der Waals surface area (Å²) in [7, 11) is -3.64. The predicted molar refractivity (Wildman–Crippen MR) is 187 cm³/mol. The third-order valence-corrected chi connectivity index (χ3v) is 11.0. The van der Waals surface area contributed by atoms with E-state index in [1.165, 1.54) is 11.8 Å². The van der Waals surface area contributed by atoms with E-state index in [1.54, 1.807) is 48.7 Å². The van der Waals surface area contributed by atoms with E-state index in [0.29, 0.717) is 10.8 Å². The van der Waals surface area contributed by atoms with Crippen LogP contribution in [0.25, 0.3) is 11.1 Å². The Balaban J connectivity index is 1.20. The van der Waals surface area contributed by atoms with Crippen LogP contribution < -0.4 is 4.72 Å². The highest BCUT2D eigenvalue weighted by atomic mass is 32.2. The smallest absolute Gasteiger partial charge is 0.338 e. The Labute approximate surface area is 290 Å². The van der Waals surface area contributed by atoms with Gasteiger partial charge in [-0.15, -0.1) is 11.8 Å². The van der Waals surface area contributed by atoms with Crippen molar-refractivity contribution in [1.82, 2.24) is 9.71 Å². The number of hydrogen-bond acceptors (Lipinski definition) is 8. The van der Waals surface area contributed by atoms with Gasteiger partial charge in [0.1, 0.15) is 5.03 Å². The molecule has 5 aromatic rings. The molecule has 1 aromatic heterocycles. The van der Waals surface area contributed by atoms with Crippen LogP contribution in [0.2, 0.25) is 0 Å². The number of sulfonamides is 1. The summed E-state index contributed by atoms with van der Waals surface area (Å²) < 4.78 is 41.2. The minimum absolute atomic E-state index is 0.0547. The molecule has 3 N–H and O–H groups in total. The molecule has 1 saturated heterocycles. The van der Waals surface area contributed by atoms with E-state index in [9.17, 15) is 23.4 Å². The number of carboxylic acid groups (broad SMARTS) is 1. The Morgan fingerprint density at radius 3 is 2.29 bits per heavy atom. The summed E-state index contributed by atoms with van der Waals surface area (Å²) in [5.74, 6) is -0.653. The lowest BCUT2D eigenvalue weighted by molar-refractivity contribution is -0.268. The fraction of sp³-hybridized carbons (Fsp3) is 0.211. The molecule has 0 bridgehead atoms. The Morgan fingerprint density at radius 2 is 1.57 bits per heavy atom. The van der Waals surface area contributed by atoms with Crippen molar-refractivity contribution in [1.29, 1.82) is 0 Å². The molecular formula is C38H36N2O7S2. The van der Waals surface area contributed by atoms with Gasteiger partial charge < -0.3 is 19.7 Å². The standard InChI is InChI=1S/C38H36N2O7S2/c1-25-34(24-48-36-33(37(42)43)11-6-20-39-36)46-38(47-35(25)29-14-12-26(23-41)13-15-29)30-18-16-28(17-19-30)31-8-5-7-27(21-31)22-40-49(44,45)32-9-3-2-4-10-32/h2-21,25,34-35,38,40-41H,22-24H2,1H3,(H,42,43)/t25-,34+,35+,38+/m0/s1. The molecule has 9 nitrogen and oxygen atoms in total. The number of nitrogens with one attached hydrogen (secondary N) is 1. The van der Waals surface area contributed by atoms with Crippen LogP contribution in [0.3, 0.4) is 0 Å². The predicted octanol–water partition coefficient (Wildman–Crippen LogP) is 7.00. The Hall–Kier alpha value is -4.36. The van der Waals surface area contributed by atoms with Crippen molar-refractivity contribution < 1.29 is 32.9 Å². The fourth-order valence-corrected chi connectivity index (χ4v) is 7.88. The summed E-state index contributed by atoms with van der Waals surface area (Å²) in [5, 5.41) is 19.6. The van der Waals surface area contributed by atoms with Crippen molar-refractivity contribution in [2.24, 2.45) is 5.92 Å². The number of aliphatic hydroxyl groups excluding tert-OH is 1. The molecule has 0 unspecified atom stereocenters. The van der Waals surface area contributed by atoms with Gasteiger partial charge in [0.2, 0.25) is 10.0 Å². The lowest BCUT2D eigenvalue weighted by Gasteiger charge is -2.41. The third-order valence-electron chi connectivity index (χ3n) is 8.47. The third kappa shape index (κ3) is 8.27. The highest BCUT2D eigenvalue weighted by Gasteiger charge is 2.38. The first-order valence-corrected chi connectivity index (χ1v) is 18.2. The van der Waals surface area contributed by atoms with E-state index in [0.717, 1.165) is 33.4 Å². The van der Waals surface area contributed by atoms with Gasteiger partial charge in [0.15, 0.2) is 6.29 Å². The number of hydrogen-bond donors (Lipinski definition) is 3. The quantitative estimate of drug-likeness (QED) is 0.118. The van der Waals surface area contributed by atoms with Gasteiger partial charge >= 0.3 is 5.97 Å². The van der Waals surface area contributed by atoms with Crippen LogP contribution in [-0.2, 0) is 32.6 Å². The highest BCUT2D eigenvalue weighted by Crippen LogP contribution is 2.43. The van der Waals surface area contributed by atoms with Gasteiger partial charge in [-0.3, -0.25) is 0 Å². The van der Waals surface area contributed by atoms with Crippen LogP contribution >= 0.6 is 11.8 Å². The number of thioether (sulfide) groups is 1. The summed E-state index contributed by atoms with van der Waals surface area (Å²) in [6, 6.07) is 34.7. The number of benzene rings is 4. The van der Waals surface area contributed by atoms with Gasteiger partial charge in [0.25, 0.3) is 0 Å². The van der Waals surface area contributed by atoms with Gasteiger partial charge in [-0.2, -0.15) is 0 Å². The minimum Gasteiger partial charge on any atom is -0.478 e. The van der Waals surface area contributed by atoms with Gasteiger partial charge in [-0.1, -0.05) is 91.9 Å². The lowest BCUT2D eigenvalue weighted by Crippen LogP contribution is -2.38. The van der Waals surface area contributed by atoms with Crippen LogP contribution in [0.15, 0.2) is 131 Å². The molecule has 6 rings (SSSR count). The molecule has 0 aliphatic carbocycles. The molecule has 0 spiro atoms. The number of aliphatic hydroxyl groups is 1. The largest absolute Gasteiger partial charge is 0.478 e. The Morgan fingerprint density at radius 1 is 0.837 bits per heavy atom. The first kappa shape index (κ1) is 34.5. The summed E-state index contributed by atoms with van der Waals surface area (Å²) in [5.41, 5.74) is 5.42. The SMILES string of the molecule is C[C@H]1[C@@H](CSc2ncccc2C(=O)O)O[C@@H](c2ccc(-c3cccc(CNS(=O)(=O)c4ccccc4)c3)cc2)O[C@H]1c1ccc(CO)cc1. The number of aromatic nitrogens is 1. The number of carbonyl (C=O) groups is 1. The average molecular weight is 697 g/mol. The summed E-state index contributed by atoms with van der Waals surface area (Å²) in [6.45, 7) is 2.15. The monoisotopic (exact) mass is 696 g/mol. The van der Waals surface area contributed by atoms with Crippen LogP contribution in [0.5, 0.6) is 0 Å². The molecule has 1 aliphatic rings. The van der Waals surface area contributed by atoms with E-state index in [4.69, 9.17) is 9.47 Å². The molecule has 11 heteroatoms. The van der Waals surface area contributed by atoms with E-state index in [1.807, 2.05) is 72.8 Å². The Kier molecular flexibility index (Phi) is 10.9. The van der Waals surface area contributed by atoms with E-state index < -0.39 is 22.3 Å². The van der Waals surface area contributed by atoms with Crippen molar-refractivity contribution >= 4 is 27.8 Å². The van der Waals surface area contributed by atoms with Gasteiger partial charge in [0.05, 0.1) is 29.3 Å². The van der Waals surface area contributed by atoms with E-state index >= 15 is 0 Å². The van der Waals surface area contributed by atoms with Crippen molar-refractivity contribution in [2.45, 2.75) is 48.5 Å². The normalized spacial score (nSPS) is 19.4. The maximum atomic E-state index is 12.7. The van der Waals surface area contributed by atoms with Crippen LogP contribution in [0.4, 0.5) is 0 Å². The fourth-order valence-electron chi connectivity index (χ4n) is 5.69. The molecule has 0 radical (unpaired) electrons. The van der Waals surface area contributed by atoms with Crippen molar-refractivity contribution in [3.63, 3.8) is 0 Å². The number of nitrogens with zero attached hydrogens (tertiary/aromatic N) is 1. The van der Waals surface area contributed by atoms with Gasteiger partial charge in [-0.05, 0) is 58.1 Å². The molecule has 49 heavy (non-hydrogen) atoms. The molecule has 1 fully saturated rings. The second-order valence-corrected chi connectivity index (χ2v) is 14.5. The second-order valence-electron chi connectivity index (χ2n) is 11.8. The average Bonchev–Trinajstić information content (AvgIpc) is 3.14. The summed E-state index contributed by atoms with van der Waals surface area (Å²) >= 11 is 1.34. The molecule has 1 aliphatic heterocycles. The molecule has 2 heterocycles. The zero-order valence-corrected chi connectivity index (χ0v) is 28.3. The van der Waals surface area contributed by atoms with Crippen LogP contribution in [0.1, 0.15) is 51.9 Å². The maximum Gasteiger partial charge on any atom is 0.338 e. The maximum absolute atomic E-state index is 12.7. The van der Waals surface area contributed by atoms with Gasteiger partial charge in [-0.25, -0.2) is 22.9 Å². The van der Waals surface area contributed by atoms with E-state index in [-0.39, 0.29) is 41.7 Å². The van der Waals surface area contributed by atoms with E-state index in [2.05, 4.69) is 16.6 Å². The Bertz CT molecular complexity index is 1990. The first-order valence-electron chi connectivity index (χ1n) is 15.8.